The number of hydrogen-bond acceptors (Lipinski definition) is 6. The van der Waals surface area contributed by atoms with Crippen LogP contribution in [0.1, 0.15) is 16.6 Å². The number of nitrogens with zero attached hydrogens (tertiary/aromatic N) is 1. The van der Waals surface area contributed by atoms with E-state index >= 15 is 0 Å². The number of aryl methyl sites for hydroxylation is 1. The van der Waals surface area contributed by atoms with E-state index in [4.69, 9.17) is 0 Å². The molecule has 1 atom stereocenters. The van der Waals surface area contributed by atoms with Gasteiger partial charge in [-0.1, -0.05) is 17.4 Å². The second kappa shape index (κ2) is 6.41. The molecule has 116 valence electrons. The van der Waals surface area contributed by atoms with E-state index in [1.54, 1.807) is 18.3 Å². The Labute approximate surface area is 131 Å². The molecule has 0 aliphatic carbocycles. The van der Waals surface area contributed by atoms with Crippen LogP contribution in [0.25, 0.3) is 0 Å². The van der Waals surface area contributed by atoms with E-state index in [0.717, 1.165) is 4.88 Å². The van der Waals surface area contributed by atoms with E-state index in [0.29, 0.717) is 17.0 Å². The number of sulfonamides is 1. The van der Waals surface area contributed by atoms with Crippen molar-refractivity contribution >= 4 is 32.7 Å². The Morgan fingerprint density at radius 2 is 2.14 bits per heavy atom. The van der Waals surface area contributed by atoms with Crippen LogP contribution in [0.2, 0.25) is 0 Å². The van der Waals surface area contributed by atoms with Crippen LogP contribution in [0.4, 0.5) is 0 Å². The first-order valence-corrected chi connectivity index (χ1v) is 9.38. The minimum absolute atomic E-state index is 0.0456. The van der Waals surface area contributed by atoms with Crippen LogP contribution in [-0.4, -0.2) is 38.9 Å². The highest BCUT2D eigenvalue weighted by Crippen LogP contribution is 2.23. The van der Waals surface area contributed by atoms with Gasteiger partial charge in [0.1, 0.15) is 0 Å². The van der Waals surface area contributed by atoms with Gasteiger partial charge in [0, 0.05) is 17.1 Å². The molecular formula is C12H17N3O3S3. The van der Waals surface area contributed by atoms with Crippen molar-refractivity contribution in [3.8, 4) is 0 Å². The first-order valence-electron chi connectivity index (χ1n) is 6.20. The summed E-state index contributed by atoms with van der Waals surface area (Å²) >= 11 is 2.29. The van der Waals surface area contributed by atoms with Crippen molar-refractivity contribution in [1.82, 2.24) is 14.6 Å². The van der Waals surface area contributed by atoms with Crippen LogP contribution in [0.3, 0.4) is 0 Å². The zero-order valence-electron chi connectivity index (χ0n) is 11.9. The molecule has 0 fully saturated rings. The van der Waals surface area contributed by atoms with E-state index in [1.807, 2.05) is 36.5 Å². The molecule has 2 rings (SSSR count). The number of likely N-dealkylation sites (N-methyl/N-ethyl adjacent to an activating group) is 1. The Morgan fingerprint density at radius 1 is 1.43 bits per heavy atom. The molecule has 2 aromatic rings. The van der Waals surface area contributed by atoms with Crippen molar-refractivity contribution in [3.05, 3.63) is 37.8 Å². The van der Waals surface area contributed by atoms with Crippen molar-refractivity contribution in [3.63, 3.8) is 0 Å². The highest BCUT2D eigenvalue weighted by atomic mass is 32.2. The van der Waals surface area contributed by atoms with Gasteiger partial charge in [-0.25, -0.2) is 13.1 Å². The number of thiophene rings is 1. The van der Waals surface area contributed by atoms with Gasteiger partial charge < -0.3 is 9.88 Å². The van der Waals surface area contributed by atoms with E-state index in [-0.39, 0.29) is 21.7 Å². The molecule has 21 heavy (non-hydrogen) atoms. The first kappa shape index (κ1) is 16.4. The predicted molar refractivity (Wildman–Crippen MR) is 85.6 cm³/mol. The molecule has 0 spiro atoms. The van der Waals surface area contributed by atoms with Crippen molar-refractivity contribution in [1.29, 1.82) is 0 Å². The molecule has 0 saturated heterocycles. The molecular weight excluding hydrogens is 330 g/mol. The van der Waals surface area contributed by atoms with Gasteiger partial charge in [0.05, 0.1) is 6.04 Å². The number of rotatable bonds is 6. The predicted octanol–water partition coefficient (Wildman–Crippen LogP) is 1.39. The molecule has 0 saturated carbocycles. The van der Waals surface area contributed by atoms with Crippen LogP contribution >= 0.6 is 22.7 Å². The SMILES string of the molecule is Cc1[nH]c(=O)sc1S(=O)(=O)NCC(c1cccs1)N(C)C. The molecule has 9 heteroatoms. The zero-order valence-corrected chi connectivity index (χ0v) is 14.4. The van der Waals surface area contributed by atoms with Gasteiger partial charge in [0.25, 0.3) is 10.0 Å². The minimum atomic E-state index is -3.67. The average Bonchev–Trinajstić information content (AvgIpc) is 2.99. The van der Waals surface area contributed by atoms with Crippen molar-refractivity contribution in [2.75, 3.05) is 20.6 Å². The van der Waals surface area contributed by atoms with Gasteiger partial charge in [-0.15, -0.1) is 11.3 Å². The molecule has 1 unspecified atom stereocenters. The molecule has 2 N–H and O–H groups in total. The fourth-order valence-electron chi connectivity index (χ4n) is 1.92. The molecule has 0 bridgehead atoms. The second-order valence-electron chi connectivity index (χ2n) is 4.77. The topological polar surface area (TPSA) is 82.3 Å². The number of aromatic nitrogens is 1. The summed E-state index contributed by atoms with van der Waals surface area (Å²) in [6.45, 7) is 1.83. The van der Waals surface area contributed by atoms with Gasteiger partial charge in [0.15, 0.2) is 4.21 Å². The molecule has 0 aliphatic heterocycles. The van der Waals surface area contributed by atoms with Gasteiger partial charge >= 0.3 is 4.87 Å². The molecule has 0 amide bonds. The Balaban J connectivity index is 2.17. The lowest BCUT2D eigenvalue weighted by Gasteiger charge is -2.23. The average molecular weight is 347 g/mol. The Hall–Kier alpha value is -1.00. The molecule has 0 aliphatic rings. The number of aromatic amines is 1. The lowest BCUT2D eigenvalue weighted by molar-refractivity contribution is 0.303. The minimum Gasteiger partial charge on any atom is -0.315 e. The number of H-pyrrole nitrogens is 1. The van der Waals surface area contributed by atoms with E-state index in [2.05, 4.69) is 9.71 Å². The molecule has 0 radical (unpaired) electrons. The van der Waals surface area contributed by atoms with Crippen LogP contribution in [0.5, 0.6) is 0 Å². The van der Waals surface area contributed by atoms with E-state index < -0.39 is 10.0 Å². The summed E-state index contributed by atoms with van der Waals surface area (Å²) in [6.07, 6.45) is 0. The third kappa shape index (κ3) is 3.80. The summed E-state index contributed by atoms with van der Waals surface area (Å²) in [5, 5.41) is 1.96. The summed E-state index contributed by atoms with van der Waals surface area (Å²) in [6, 6.07) is 3.87. The normalized spacial score (nSPS) is 13.7. The summed E-state index contributed by atoms with van der Waals surface area (Å²) in [5.41, 5.74) is 0.370. The lowest BCUT2D eigenvalue weighted by atomic mass is 10.2. The molecule has 0 aromatic carbocycles. The maximum atomic E-state index is 12.3. The first-order chi connectivity index (χ1) is 9.81. The molecule has 2 aromatic heterocycles. The quantitative estimate of drug-likeness (QED) is 0.827. The fraction of sp³-hybridized carbons (Fsp3) is 0.417. The zero-order chi connectivity index (χ0) is 15.6. The molecule has 6 nitrogen and oxygen atoms in total. The van der Waals surface area contributed by atoms with Crippen molar-refractivity contribution in [2.45, 2.75) is 17.2 Å². The third-order valence-electron chi connectivity index (χ3n) is 2.99. The van der Waals surface area contributed by atoms with Crippen LogP contribution in [0.15, 0.2) is 26.5 Å². The lowest BCUT2D eigenvalue weighted by Crippen LogP contribution is -2.34. The number of nitrogens with one attached hydrogen (secondary N) is 2. The van der Waals surface area contributed by atoms with Gasteiger partial charge in [0.2, 0.25) is 0 Å². The summed E-state index contributed by atoms with van der Waals surface area (Å²) in [4.78, 5) is 16.4. The molecule has 2 heterocycles. The van der Waals surface area contributed by atoms with E-state index in [1.165, 1.54) is 0 Å². The Kier molecular flexibility index (Phi) is 4.99. The largest absolute Gasteiger partial charge is 0.315 e. The fourth-order valence-corrected chi connectivity index (χ4v) is 5.22. The summed E-state index contributed by atoms with van der Waals surface area (Å²) in [7, 11) is 0.128. The maximum absolute atomic E-state index is 12.3. The smallest absolute Gasteiger partial charge is 0.305 e. The Bertz CT molecular complexity index is 744. The second-order valence-corrected chi connectivity index (χ2v) is 8.70. The van der Waals surface area contributed by atoms with Crippen LogP contribution < -0.4 is 9.60 Å². The standard InChI is InChI=1S/C12H17N3O3S3/c1-8-11(20-12(16)14-8)21(17,18)13-7-9(15(2)3)10-5-4-6-19-10/h4-6,9,13H,7H2,1-3H3,(H,14,16). The monoisotopic (exact) mass is 347 g/mol. The summed E-state index contributed by atoms with van der Waals surface area (Å²) < 4.78 is 27.2. The maximum Gasteiger partial charge on any atom is 0.305 e. The van der Waals surface area contributed by atoms with Crippen LogP contribution in [-0.2, 0) is 10.0 Å². The number of thiazole rings is 1. The van der Waals surface area contributed by atoms with Crippen LogP contribution in [0, 0.1) is 6.92 Å². The highest BCUT2D eigenvalue weighted by Gasteiger charge is 2.23. The van der Waals surface area contributed by atoms with Gasteiger partial charge in [-0.05, 0) is 32.5 Å². The van der Waals surface area contributed by atoms with Crippen molar-refractivity contribution < 1.29 is 8.42 Å². The van der Waals surface area contributed by atoms with Gasteiger partial charge in [-0.2, -0.15) is 0 Å². The van der Waals surface area contributed by atoms with Crippen molar-refractivity contribution in [2.24, 2.45) is 0 Å². The Morgan fingerprint density at radius 3 is 2.62 bits per heavy atom. The summed E-state index contributed by atoms with van der Waals surface area (Å²) in [5.74, 6) is 0. The highest BCUT2D eigenvalue weighted by molar-refractivity contribution is 7.91. The third-order valence-corrected chi connectivity index (χ3v) is 6.99. The van der Waals surface area contributed by atoms with Gasteiger partial charge in [-0.3, -0.25) is 4.79 Å². The van der Waals surface area contributed by atoms with E-state index in [9.17, 15) is 13.2 Å². The number of hydrogen-bond donors (Lipinski definition) is 2.